The lowest BCUT2D eigenvalue weighted by atomic mass is 10.1. The molecular weight excluding hydrogens is 290 g/mol. The fourth-order valence-corrected chi connectivity index (χ4v) is 3.82. The largest absolute Gasteiger partial charge is 0.390 e. The lowest BCUT2D eigenvalue weighted by molar-refractivity contribution is 0.273. The van der Waals surface area contributed by atoms with Gasteiger partial charge in [0.1, 0.15) is 10.6 Å². The number of nitrogens with one attached hydrogen (secondary N) is 1. The number of aliphatic hydroxyl groups is 1. The summed E-state index contributed by atoms with van der Waals surface area (Å²) in [5.74, 6) is 0. The molecule has 0 spiro atoms. The monoisotopic (exact) mass is 309 g/mol. The second kappa shape index (κ2) is 5.50. The number of aryl methyl sites for hydroxylation is 3. The maximum absolute atomic E-state index is 12.8. The molecular formula is C14H19N3O3S. The minimum atomic E-state index is -3.78. The number of anilines is 1. The molecule has 0 fully saturated rings. The van der Waals surface area contributed by atoms with Gasteiger partial charge in [0.15, 0.2) is 0 Å². The van der Waals surface area contributed by atoms with Crippen LogP contribution < -0.4 is 4.31 Å². The van der Waals surface area contributed by atoms with E-state index in [9.17, 15) is 13.5 Å². The van der Waals surface area contributed by atoms with E-state index in [0.29, 0.717) is 11.4 Å². The number of benzene rings is 1. The molecule has 0 atom stereocenters. The molecule has 21 heavy (non-hydrogen) atoms. The minimum absolute atomic E-state index is 0.0339. The Morgan fingerprint density at radius 1 is 1.19 bits per heavy atom. The van der Waals surface area contributed by atoms with Crippen molar-refractivity contribution < 1.29 is 13.5 Å². The predicted octanol–water partition coefficient (Wildman–Crippen LogP) is 1.65. The molecule has 2 aromatic rings. The first-order chi connectivity index (χ1) is 9.77. The molecule has 2 rings (SSSR count). The van der Waals surface area contributed by atoms with Crippen molar-refractivity contribution in [2.75, 3.05) is 11.4 Å². The zero-order chi connectivity index (χ0) is 15.8. The average molecular weight is 309 g/mol. The van der Waals surface area contributed by atoms with E-state index in [1.807, 2.05) is 19.9 Å². The molecule has 0 saturated heterocycles. The molecule has 0 aliphatic carbocycles. The van der Waals surface area contributed by atoms with Gasteiger partial charge in [0.05, 0.1) is 18.0 Å². The summed E-state index contributed by atoms with van der Waals surface area (Å²) in [5, 5.41) is 15.7. The lowest BCUT2D eigenvalue weighted by Crippen LogP contribution is -2.27. The Balaban J connectivity index is 2.55. The SMILES string of the molecule is Cc1cc(C)cc(N(C)S(=O)(=O)c2c(CO)n[nH]c2C)c1. The van der Waals surface area contributed by atoms with Gasteiger partial charge in [0, 0.05) is 7.05 Å². The molecule has 6 nitrogen and oxygen atoms in total. The van der Waals surface area contributed by atoms with Crippen molar-refractivity contribution in [2.24, 2.45) is 0 Å². The third-order valence-corrected chi connectivity index (χ3v) is 5.29. The first-order valence-electron chi connectivity index (χ1n) is 6.49. The van der Waals surface area contributed by atoms with Crippen LogP contribution in [-0.4, -0.2) is 30.8 Å². The Bertz CT molecular complexity index is 746. The summed E-state index contributed by atoms with van der Waals surface area (Å²) >= 11 is 0. The van der Waals surface area contributed by atoms with Crippen molar-refractivity contribution in [3.8, 4) is 0 Å². The Kier molecular flexibility index (Phi) is 4.06. The molecule has 0 bridgehead atoms. The average Bonchev–Trinajstić information content (AvgIpc) is 2.78. The third-order valence-electron chi connectivity index (χ3n) is 3.30. The topological polar surface area (TPSA) is 86.3 Å². The molecule has 1 aromatic heterocycles. The van der Waals surface area contributed by atoms with Gasteiger partial charge in [0.25, 0.3) is 10.0 Å². The molecule has 7 heteroatoms. The molecule has 0 amide bonds. The number of hydrogen-bond acceptors (Lipinski definition) is 4. The van der Waals surface area contributed by atoms with Crippen LogP contribution in [0.1, 0.15) is 22.5 Å². The lowest BCUT2D eigenvalue weighted by Gasteiger charge is -2.20. The zero-order valence-corrected chi connectivity index (χ0v) is 13.3. The van der Waals surface area contributed by atoms with E-state index in [4.69, 9.17) is 0 Å². The quantitative estimate of drug-likeness (QED) is 0.899. The number of aromatic nitrogens is 2. The number of nitrogens with zero attached hydrogens (tertiary/aromatic N) is 2. The Morgan fingerprint density at radius 2 is 1.76 bits per heavy atom. The molecule has 0 aliphatic heterocycles. The molecule has 1 heterocycles. The van der Waals surface area contributed by atoms with Gasteiger partial charge in [-0.15, -0.1) is 0 Å². The smallest absolute Gasteiger partial charge is 0.267 e. The number of aliphatic hydroxyl groups excluding tert-OH is 1. The molecule has 0 radical (unpaired) electrons. The van der Waals surface area contributed by atoms with Gasteiger partial charge in [-0.25, -0.2) is 8.42 Å². The normalized spacial score (nSPS) is 11.7. The van der Waals surface area contributed by atoms with E-state index in [1.54, 1.807) is 19.1 Å². The van der Waals surface area contributed by atoms with Crippen LogP contribution in [0.25, 0.3) is 0 Å². The highest BCUT2D eigenvalue weighted by Gasteiger charge is 2.28. The summed E-state index contributed by atoms with van der Waals surface area (Å²) < 4.78 is 26.8. The van der Waals surface area contributed by atoms with Gasteiger partial charge in [-0.3, -0.25) is 9.40 Å². The van der Waals surface area contributed by atoms with Crippen molar-refractivity contribution in [1.29, 1.82) is 0 Å². The molecule has 1 aromatic carbocycles. The van der Waals surface area contributed by atoms with E-state index in [1.165, 1.54) is 11.4 Å². The van der Waals surface area contributed by atoms with Crippen molar-refractivity contribution in [3.05, 3.63) is 40.7 Å². The van der Waals surface area contributed by atoms with Crippen LogP contribution in [0, 0.1) is 20.8 Å². The summed E-state index contributed by atoms with van der Waals surface area (Å²) in [5.41, 5.74) is 3.09. The second-order valence-electron chi connectivity index (χ2n) is 5.10. The number of sulfonamides is 1. The van der Waals surface area contributed by atoms with E-state index in [-0.39, 0.29) is 10.6 Å². The van der Waals surface area contributed by atoms with Crippen LogP contribution in [0.15, 0.2) is 23.1 Å². The van der Waals surface area contributed by atoms with Gasteiger partial charge >= 0.3 is 0 Å². The second-order valence-corrected chi connectivity index (χ2v) is 7.01. The maximum Gasteiger partial charge on any atom is 0.267 e. The van der Waals surface area contributed by atoms with Gasteiger partial charge in [0.2, 0.25) is 0 Å². The Morgan fingerprint density at radius 3 is 2.29 bits per heavy atom. The van der Waals surface area contributed by atoms with Crippen LogP contribution in [-0.2, 0) is 16.6 Å². The maximum atomic E-state index is 12.8. The number of rotatable bonds is 4. The number of aromatic amines is 1. The summed E-state index contributed by atoms with van der Waals surface area (Å²) in [6.07, 6.45) is 0. The van der Waals surface area contributed by atoms with Crippen LogP contribution >= 0.6 is 0 Å². The van der Waals surface area contributed by atoms with Gasteiger partial charge in [-0.05, 0) is 44.0 Å². The van der Waals surface area contributed by atoms with Crippen molar-refractivity contribution in [1.82, 2.24) is 10.2 Å². The van der Waals surface area contributed by atoms with Gasteiger partial charge in [-0.1, -0.05) is 6.07 Å². The number of hydrogen-bond donors (Lipinski definition) is 2. The highest BCUT2D eigenvalue weighted by Crippen LogP contribution is 2.27. The fourth-order valence-electron chi connectivity index (χ4n) is 2.33. The summed E-state index contributed by atoms with van der Waals surface area (Å²) in [6.45, 7) is 5.02. The van der Waals surface area contributed by atoms with E-state index >= 15 is 0 Å². The van der Waals surface area contributed by atoms with Gasteiger partial charge < -0.3 is 5.11 Å². The molecule has 0 saturated carbocycles. The summed E-state index contributed by atoms with van der Waals surface area (Å²) in [6, 6.07) is 5.59. The number of H-pyrrole nitrogens is 1. The minimum Gasteiger partial charge on any atom is -0.390 e. The zero-order valence-electron chi connectivity index (χ0n) is 12.5. The molecule has 114 valence electrons. The Labute approximate surface area is 124 Å². The van der Waals surface area contributed by atoms with E-state index in [0.717, 1.165) is 11.1 Å². The molecule has 0 unspecified atom stereocenters. The van der Waals surface area contributed by atoms with Crippen molar-refractivity contribution in [2.45, 2.75) is 32.3 Å². The van der Waals surface area contributed by atoms with Crippen molar-refractivity contribution in [3.63, 3.8) is 0 Å². The Hall–Kier alpha value is -1.86. The van der Waals surface area contributed by atoms with Crippen LogP contribution in [0.2, 0.25) is 0 Å². The molecule has 0 aliphatic rings. The summed E-state index contributed by atoms with van der Waals surface area (Å²) in [4.78, 5) is 0.0339. The van der Waals surface area contributed by atoms with Crippen LogP contribution in [0.4, 0.5) is 5.69 Å². The van der Waals surface area contributed by atoms with Crippen LogP contribution in [0.3, 0.4) is 0 Å². The predicted molar refractivity (Wildman–Crippen MR) is 80.8 cm³/mol. The highest BCUT2D eigenvalue weighted by molar-refractivity contribution is 7.92. The fraction of sp³-hybridized carbons (Fsp3) is 0.357. The van der Waals surface area contributed by atoms with Crippen molar-refractivity contribution >= 4 is 15.7 Å². The standard InChI is InChI=1S/C14H19N3O3S/c1-9-5-10(2)7-12(6-9)17(4)21(19,20)14-11(3)15-16-13(14)8-18/h5-7,18H,8H2,1-4H3,(H,15,16). The highest BCUT2D eigenvalue weighted by atomic mass is 32.2. The first kappa shape index (κ1) is 15.5. The first-order valence-corrected chi connectivity index (χ1v) is 7.93. The molecule has 2 N–H and O–H groups in total. The van der Waals surface area contributed by atoms with E-state index < -0.39 is 16.6 Å². The van der Waals surface area contributed by atoms with Gasteiger partial charge in [-0.2, -0.15) is 5.10 Å². The third kappa shape index (κ3) is 2.79. The summed E-state index contributed by atoms with van der Waals surface area (Å²) in [7, 11) is -2.28. The van der Waals surface area contributed by atoms with Crippen LogP contribution in [0.5, 0.6) is 0 Å². The van der Waals surface area contributed by atoms with E-state index in [2.05, 4.69) is 10.2 Å².